The summed E-state index contributed by atoms with van der Waals surface area (Å²) in [4.78, 5) is 11.9. The third-order valence-corrected chi connectivity index (χ3v) is 6.59. The van der Waals surface area contributed by atoms with E-state index in [4.69, 9.17) is 23.7 Å². The van der Waals surface area contributed by atoms with Gasteiger partial charge in [-0.2, -0.15) is 0 Å². The number of aliphatic hydroxyl groups excluding tert-OH is 1. The minimum atomic E-state index is -0.680. The van der Waals surface area contributed by atoms with E-state index in [1.807, 2.05) is 61.5 Å². The quantitative estimate of drug-likeness (QED) is 0.156. The van der Waals surface area contributed by atoms with Crippen molar-refractivity contribution >= 4 is 5.97 Å². The molecule has 2 rings (SSSR count). The summed E-state index contributed by atoms with van der Waals surface area (Å²) in [5.74, 6) is 0.260. The maximum Gasteiger partial charge on any atom is 0.333 e. The minimum Gasteiger partial charge on any atom is -0.497 e. The van der Waals surface area contributed by atoms with E-state index < -0.39 is 6.10 Å². The first kappa shape index (κ1) is 31.5. The molecule has 2 aromatic rings. The van der Waals surface area contributed by atoms with Gasteiger partial charge in [-0.3, -0.25) is 0 Å². The van der Waals surface area contributed by atoms with Gasteiger partial charge in [0.2, 0.25) is 0 Å². The predicted molar refractivity (Wildman–Crippen MR) is 148 cm³/mol. The number of hydrogen-bond donors (Lipinski definition) is 1. The minimum absolute atomic E-state index is 0.135. The Morgan fingerprint density at radius 3 is 2.32 bits per heavy atom. The summed E-state index contributed by atoms with van der Waals surface area (Å²) < 4.78 is 28.3. The molecule has 0 saturated carbocycles. The number of rotatable bonds is 18. The van der Waals surface area contributed by atoms with E-state index in [9.17, 15) is 9.90 Å². The summed E-state index contributed by atoms with van der Waals surface area (Å²) in [5.41, 5.74) is 2.66. The molecule has 0 aliphatic rings. The zero-order valence-corrected chi connectivity index (χ0v) is 23.4. The molecule has 0 radical (unpaired) electrons. The largest absolute Gasteiger partial charge is 0.497 e. The van der Waals surface area contributed by atoms with Crippen molar-refractivity contribution in [2.24, 2.45) is 5.92 Å². The highest BCUT2D eigenvalue weighted by Gasteiger charge is 2.27. The molecular weight excluding hydrogens is 484 g/mol. The van der Waals surface area contributed by atoms with Gasteiger partial charge in [-0.25, -0.2) is 4.79 Å². The SMILES string of the molecule is CCOC(=O)/C(C)=C/C[C@H](O)[C@H](C)[C@H](C[C@H](CCOCc1ccccc1)OCc1ccc(OC)cc1)OC. The van der Waals surface area contributed by atoms with Crippen LogP contribution in [-0.2, 0) is 37.0 Å². The van der Waals surface area contributed by atoms with Crippen LogP contribution in [0, 0.1) is 5.92 Å². The van der Waals surface area contributed by atoms with Gasteiger partial charge >= 0.3 is 5.97 Å². The summed E-state index contributed by atoms with van der Waals surface area (Å²) in [5, 5.41) is 10.8. The van der Waals surface area contributed by atoms with Crippen molar-refractivity contribution in [3.8, 4) is 5.75 Å². The van der Waals surface area contributed by atoms with Gasteiger partial charge in [0, 0.05) is 31.6 Å². The Kier molecular flexibility index (Phi) is 14.7. The van der Waals surface area contributed by atoms with Gasteiger partial charge in [0.15, 0.2) is 0 Å². The van der Waals surface area contributed by atoms with E-state index in [1.165, 1.54) is 0 Å². The van der Waals surface area contributed by atoms with Crippen LogP contribution in [0.25, 0.3) is 0 Å². The highest BCUT2D eigenvalue weighted by molar-refractivity contribution is 5.87. The summed E-state index contributed by atoms with van der Waals surface area (Å²) >= 11 is 0. The van der Waals surface area contributed by atoms with Crippen molar-refractivity contribution in [2.75, 3.05) is 27.4 Å². The lowest BCUT2D eigenvalue weighted by molar-refractivity contribution is -0.138. The van der Waals surface area contributed by atoms with E-state index in [0.29, 0.717) is 51.3 Å². The Hall–Kier alpha value is -2.71. The number of benzene rings is 2. The molecule has 7 nitrogen and oxygen atoms in total. The zero-order valence-electron chi connectivity index (χ0n) is 23.4. The fourth-order valence-corrected chi connectivity index (χ4v) is 4.06. The molecule has 7 heteroatoms. The standard InChI is InChI=1S/C31H44O7/c1-6-37-31(33)23(2)12-17-29(32)24(3)30(35-5)20-28(18-19-36-21-25-10-8-7-9-11-25)38-22-26-13-15-27(34-4)16-14-26/h7-16,24,28-30,32H,6,17-22H2,1-5H3/b23-12+/t24-,28-,29-,30-/m0/s1. The van der Waals surface area contributed by atoms with Crippen molar-refractivity contribution in [3.63, 3.8) is 0 Å². The molecular formula is C31H44O7. The van der Waals surface area contributed by atoms with Crippen LogP contribution in [0.2, 0.25) is 0 Å². The van der Waals surface area contributed by atoms with Crippen LogP contribution in [0.1, 0.15) is 51.2 Å². The van der Waals surface area contributed by atoms with Gasteiger partial charge in [0.25, 0.3) is 0 Å². The molecule has 4 atom stereocenters. The average Bonchev–Trinajstić information content (AvgIpc) is 2.95. The van der Waals surface area contributed by atoms with E-state index in [0.717, 1.165) is 16.9 Å². The second-order valence-corrected chi connectivity index (χ2v) is 9.39. The van der Waals surface area contributed by atoms with Gasteiger partial charge in [-0.05, 0) is 49.9 Å². The number of carbonyl (C=O) groups excluding carboxylic acids is 1. The maximum absolute atomic E-state index is 11.9. The number of methoxy groups -OCH3 is 2. The molecule has 0 fully saturated rings. The van der Waals surface area contributed by atoms with E-state index in [2.05, 4.69) is 0 Å². The Labute approximate surface area is 227 Å². The van der Waals surface area contributed by atoms with Gasteiger partial charge in [0.05, 0.1) is 45.2 Å². The lowest BCUT2D eigenvalue weighted by Crippen LogP contribution is -2.34. The summed E-state index contributed by atoms with van der Waals surface area (Å²) in [6, 6.07) is 17.9. The lowest BCUT2D eigenvalue weighted by atomic mass is 9.91. The maximum atomic E-state index is 11.9. The molecule has 210 valence electrons. The summed E-state index contributed by atoms with van der Waals surface area (Å²) in [6.07, 6.45) is 2.29. The Morgan fingerprint density at radius 1 is 1.00 bits per heavy atom. The summed E-state index contributed by atoms with van der Waals surface area (Å²) in [6.45, 7) is 7.27. The number of carbonyl (C=O) groups is 1. The van der Waals surface area contributed by atoms with E-state index >= 15 is 0 Å². The predicted octanol–water partition coefficient (Wildman–Crippen LogP) is 5.49. The fourth-order valence-electron chi connectivity index (χ4n) is 4.06. The zero-order chi connectivity index (χ0) is 27.8. The number of ether oxygens (including phenoxy) is 5. The third-order valence-electron chi connectivity index (χ3n) is 6.59. The molecule has 2 aromatic carbocycles. The molecule has 0 aliphatic carbocycles. The fraction of sp³-hybridized carbons (Fsp3) is 0.516. The Bertz CT molecular complexity index is 942. The molecule has 0 amide bonds. The first-order chi connectivity index (χ1) is 18.4. The van der Waals surface area contributed by atoms with Crippen molar-refractivity contribution in [1.82, 2.24) is 0 Å². The number of esters is 1. The van der Waals surface area contributed by atoms with Crippen molar-refractivity contribution in [1.29, 1.82) is 0 Å². The smallest absolute Gasteiger partial charge is 0.333 e. The van der Waals surface area contributed by atoms with Crippen LogP contribution in [0.5, 0.6) is 5.75 Å². The van der Waals surface area contributed by atoms with Gasteiger partial charge in [-0.15, -0.1) is 0 Å². The molecule has 1 N–H and O–H groups in total. The van der Waals surface area contributed by atoms with Gasteiger partial charge in [-0.1, -0.05) is 55.5 Å². The monoisotopic (exact) mass is 528 g/mol. The van der Waals surface area contributed by atoms with Crippen LogP contribution in [0.3, 0.4) is 0 Å². The van der Waals surface area contributed by atoms with Crippen molar-refractivity contribution < 1.29 is 33.6 Å². The number of aliphatic hydroxyl groups is 1. The topological polar surface area (TPSA) is 83.5 Å². The number of hydrogen-bond acceptors (Lipinski definition) is 7. The van der Waals surface area contributed by atoms with Crippen molar-refractivity contribution in [3.05, 3.63) is 77.4 Å². The highest BCUT2D eigenvalue weighted by atomic mass is 16.5. The molecule has 0 saturated heterocycles. The molecule has 0 heterocycles. The Morgan fingerprint density at radius 2 is 1.68 bits per heavy atom. The molecule has 0 bridgehead atoms. The molecule has 38 heavy (non-hydrogen) atoms. The Balaban J connectivity index is 1.99. The van der Waals surface area contributed by atoms with Crippen molar-refractivity contribution in [2.45, 2.75) is 71.6 Å². The van der Waals surface area contributed by atoms with Crippen LogP contribution in [0.4, 0.5) is 0 Å². The molecule has 0 unspecified atom stereocenters. The first-order valence-electron chi connectivity index (χ1n) is 13.3. The molecule has 0 aliphatic heterocycles. The second-order valence-electron chi connectivity index (χ2n) is 9.39. The second kappa shape index (κ2) is 17.7. The normalized spacial score (nSPS) is 14.9. The van der Waals surface area contributed by atoms with Gasteiger partial charge in [0.1, 0.15) is 5.75 Å². The van der Waals surface area contributed by atoms with Crippen LogP contribution >= 0.6 is 0 Å². The molecule has 0 spiro atoms. The van der Waals surface area contributed by atoms with Crippen LogP contribution < -0.4 is 4.74 Å². The van der Waals surface area contributed by atoms with Gasteiger partial charge < -0.3 is 28.8 Å². The summed E-state index contributed by atoms with van der Waals surface area (Å²) in [7, 11) is 3.30. The lowest BCUT2D eigenvalue weighted by Gasteiger charge is -2.30. The average molecular weight is 529 g/mol. The highest BCUT2D eigenvalue weighted by Crippen LogP contribution is 2.23. The van der Waals surface area contributed by atoms with Crippen LogP contribution in [-0.4, -0.2) is 56.8 Å². The van der Waals surface area contributed by atoms with E-state index in [1.54, 1.807) is 34.1 Å². The molecule has 0 aromatic heterocycles. The van der Waals surface area contributed by atoms with Crippen LogP contribution in [0.15, 0.2) is 66.2 Å². The first-order valence-corrected chi connectivity index (χ1v) is 13.3. The van der Waals surface area contributed by atoms with E-state index in [-0.39, 0.29) is 24.1 Å². The third kappa shape index (κ3) is 11.4.